The first-order valence-corrected chi connectivity index (χ1v) is 11.6. The van der Waals surface area contributed by atoms with Crippen LogP contribution >= 0.6 is 11.8 Å². The monoisotopic (exact) mass is 404 g/mol. The Kier molecular flexibility index (Phi) is 4.78. The molecule has 2 nitrogen and oxygen atoms in total. The Morgan fingerprint density at radius 1 is 1.03 bits per heavy atom. The summed E-state index contributed by atoms with van der Waals surface area (Å²) in [6.07, 6.45) is 2.58. The lowest BCUT2D eigenvalue weighted by molar-refractivity contribution is -0.141. The van der Waals surface area contributed by atoms with Crippen LogP contribution < -0.4 is 0 Å². The Morgan fingerprint density at radius 3 is 2.41 bits per heavy atom. The number of benzene rings is 2. The van der Waals surface area contributed by atoms with Crippen molar-refractivity contribution in [1.82, 2.24) is 0 Å². The highest BCUT2D eigenvalue weighted by molar-refractivity contribution is 8.00. The number of hydrogen-bond donors (Lipinski definition) is 1. The van der Waals surface area contributed by atoms with Gasteiger partial charge in [0.15, 0.2) is 5.60 Å². The van der Waals surface area contributed by atoms with Gasteiger partial charge in [-0.05, 0) is 53.7 Å². The van der Waals surface area contributed by atoms with Crippen LogP contribution in [0.5, 0.6) is 0 Å². The molecule has 1 aliphatic heterocycles. The first-order chi connectivity index (χ1) is 14.0. The lowest BCUT2D eigenvalue weighted by Crippen LogP contribution is -2.60. The van der Waals surface area contributed by atoms with Gasteiger partial charge in [-0.15, -0.1) is 11.8 Å². The number of hydrogen-bond acceptors (Lipinski definition) is 3. The quantitative estimate of drug-likeness (QED) is 0.709. The Labute approximate surface area is 178 Å². The highest BCUT2D eigenvalue weighted by Gasteiger charge is 2.60. The normalized spacial score (nSPS) is 34.0. The van der Waals surface area contributed by atoms with Crippen molar-refractivity contribution in [3.8, 4) is 11.8 Å². The van der Waals surface area contributed by atoms with E-state index >= 15 is 0 Å². The van der Waals surface area contributed by atoms with Crippen LogP contribution in [0.4, 0.5) is 0 Å². The molecule has 4 fully saturated rings. The van der Waals surface area contributed by atoms with Crippen LogP contribution in [0.3, 0.4) is 0 Å². The molecular weight excluding hydrogens is 376 g/mol. The Balaban J connectivity index is 1.45. The second-order valence-corrected chi connectivity index (χ2v) is 10.7. The van der Waals surface area contributed by atoms with Crippen LogP contribution in [0.15, 0.2) is 60.7 Å². The predicted molar refractivity (Wildman–Crippen MR) is 118 cm³/mol. The van der Waals surface area contributed by atoms with E-state index in [0.717, 1.165) is 29.6 Å². The second kappa shape index (κ2) is 7.20. The van der Waals surface area contributed by atoms with Crippen molar-refractivity contribution in [2.45, 2.75) is 43.0 Å². The first-order valence-electron chi connectivity index (χ1n) is 10.6. The van der Waals surface area contributed by atoms with Gasteiger partial charge in [0.25, 0.3) is 0 Å². The number of ether oxygens (including phenoxy) is 1. The van der Waals surface area contributed by atoms with Crippen LogP contribution in [0.25, 0.3) is 0 Å². The summed E-state index contributed by atoms with van der Waals surface area (Å²) in [6.45, 7) is 5.57. The van der Waals surface area contributed by atoms with E-state index in [0.29, 0.717) is 16.6 Å². The highest BCUT2D eigenvalue weighted by atomic mass is 32.2. The van der Waals surface area contributed by atoms with Gasteiger partial charge in [-0.3, -0.25) is 0 Å². The molecule has 0 aromatic heterocycles. The van der Waals surface area contributed by atoms with Crippen molar-refractivity contribution in [1.29, 1.82) is 0 Å². The molecule has 3 aliphatic carbocycles. The Hall–Kier alpha value is -1.73. The maximum Gasteiger partial charge on any atom is 0.187 e. The van der Waals surface area contributed by atoms with Gasteiger partial charge in [-0.25, -0.2) is 0 Å². The summed E-state index contributed by atoms with van der Waals surface area (Å²) in [4.78, 5) is 0. The third-order valence-corrected chi connectivity index (χ3v) is 9.14. The van der Waals surface area contributed by atoms with E-state index in [1.807, 2.05) is 72.4 Å². The van der Waals surface area contributed by atoms with Crippen molar-refractivity contribution in [3.63, 3.8) is 0 Å². The molecule has 2 bridgehead atoms. The molecule has 3 heteroatoms. The summed E-state index contributed by atoms with van der Waals surface area (Å²) in [5.41, 5.74) is 0.454. The van der Waals surface area contributed by atoms with Crippen LogP contribution in [0.1, 0.15) is 37.8 Å². The molecule has 3 saturated carbocycles. The minimum absolute atomic E-state index is 0.372. The highest BCUT2D eigenvalue weighted by Crippen LogP contribution is 2.65. The molecule has 0 spiro atoms. The van der Waals surface area contributed by atoms with Crippen LogP contribution in [-0.2, 0) is 10.3 Å². The van der Waals surface area contributed by atoms with Crippen LogP contribution in [0, 0.1) is 35.0 Å². The van der Waals surface area contributed by atoms with Gasteiger partial charge in [0, 0.05) is 10.8 Å². The van der Waals surface area contributed by atoms with E-state index in [2.05, 4.69) is 25.7 Å². The molecule has 0 unspecified atom stereocenters. The zero-order chi connectivity index (χ0) is 20.1. The van der Waals surface area contributed by atoms with E-state index in [4.69, 9.17) is 4.74 Å². The first kappa shape index (κ1) is 19.2. The van der Waals surface area contributed by atoms with E-state index in [1.54, 1.807) is 0 Å². The molecule has 1 heterocycles. The molecule has 2 aromatic carbocycles. The molecule has 150 valence electrons. The topological polar surface area (TPSA) is 29.5 Å². The van der Waals surface area contributed by atoms with Gasteiger partial charge in [0.1, 0.15) is 5.44 Å². The van der Waals surface area contributed by atoms with Crippen molar-refractivity contribution >= 4 is 11.8 Å². The minimum atomic E-state index is -1.33. The molecule has 6 rings (SSSR count). The fourth-order valence-corrected chi connectivity index (χ4v) is 7.22. The lowest BCUT2D eigenvalue weighted by atomic mass is 9.45. The standard InChI is InChI=1S/C26H28O2S/c1-25(2)20-15-22(25)21-17-28-24(29-23(21)16-20)26(27,19-11-7-4-8-12-19)14-13-18-9-5-3-6-10-18/h3-12,20-24,27H,15-17H2,1-2H3/t20-,21+,22+,23+,24-,26+/m1/s1. The molecule has 0 amide bonds. The zero-order valence-corrected chi connectivity index (χ0v) is 17.9. The molecule has 1 N–H and O–H groups in total. The van der Waals surface area contributed by atoms with Crippen LogP contribution in [0.2, 0.25) is 0 Å². The number of thioether (sulfide) groups is 1. The zero-order valence-electron chi connectivity index (χ0n) is 17.0. The number of rotatable bonds is 2. The molecule has 4 aliphatic rings. The fourth-order valence-electron chi connectivity index (χ4n) is 5.54. The summed E-state index contributed by atoms with van der Waals surface area (Å²) in [6, 6.07) is 19.7. The van der Waals surface area contributed by atoms with E-state index < -0.39 is 5.60 Å². The maximum atomic E-state index is 11.8. The van der Waals surface area contributed by atoms with Gasteiger partial charge in [-0.1, -0.05) is 74.2 Å². The van der Waals surface area contributed by atoms with Crippen molar-refractivity contribution in [3.05, 3.63) is 71.8 Å². The van der Waals surface area contributed by atoms with Gasteiger partial charge in [0.2, 0.25) is 0 Å². The maximum absolute atomic E-state index is 11.8. The Morgan fingerprint density at radius 2 is 1.72 bits per heavy atom. The molecule has 1 saturated heterocycles. The summed E-state index contributed by atoms with van der Waals surface area (Å²) >= 11 is 1.81. The molecule has 2 aromatic rings. The Bertz CT molecular complexity index is 929. The van der Waals surface area contributed by atoms with E-state index in [-0.39, 0.29) is 5.44 Å². The SMILES string of the molecule is CC1(C)[C@H]2C[C@@H]3S[C@H]([C@](O)(C#Cc4ccccc4)c4ccccc4)OC[C@H]3[C@@H]1C2. The second-order valence-electron chi connectivity index (χ2n) is 9.35. The van der Waals surface area contributed by atoms with Crippen LogP contribution in [-0.4, -0.2) is 22.4 Å². The van der Waals surface area contributed by atoms with Gasteiger partial charge >= 0.3 is 0 Å². The van der Waals surface area contributed by atoms with E-state index in [9.17, 15) is 5.11 Å². The van der Waals surface area contributed by atoms with Gasteiger partial charge in [0.05, 0.1) is 6.61 Å². The summed E-state index contributed by atoms with van der Waals surface area (Å²) in [5, 5.41) is 12.4. The smallest absolute Gasteiger partial charge is 0.187 e. The average molecular weight is 405 g/mol. The molecule has 29 heavy (non-hydrogen) atoms. The molecular formula is C26H28O2S. The van der Waals surface area contributed by atoms with Crippen molar-refractivity contribution in [2.75, 3.05) is 6.61 Å². The van der Waals surface area contributed by atoms with E-state index in [1.165, 1.54) is 12.8 Å². The third kappa shape index (κ3) is 3.22. The predicted octanol–water partition coefficient (Wildman–Crippen LogP) is 5.07. The molecule has 6 atom stereocenters. The lowest BCUT2D eigenvalue weighted by Gasteiger charge is -2.64. The van der Waals surface area contributed by atoms with Crippen molar-refractivity contribution in [2.24, 2.45) is 23.2 Å². The summed E-state index contributed by atoms with van der Waals surface area (Å²) < 4.78 is 6.35. The van der Waals surface area contributed by atoms with Gasteiger partial charge in [-0.2, -0.15) is 0 Å². The summed E-state index contributed by atoms with van der Waals surface area (Å²) in [5.74, 6) is 8.53. The van der Waals surface area contributed by atoms with Gasteiger partial charge < -0.3 is 9.84 Å². The average Bonchev–Trinajstić information content (AvgIpc) is 2.77. The third-order valence-electron chi connectivity index (χ3n) is 7.52. The fraction of sp³-hybridized carbons (Fsp3) is 0.462. The largest absolute Gasteiger partial charge is 0.370 e. The number of aliphatic hydroxyl groups is 1. The molecule has 0 radical (unpaired) electrons. The van der Waals surface area contributed by atoms with Crippen molar-refractivity contribution < 1.29 is 9.84 Å². The minimum Gasteiger partial charge on any atom is -0.370 e. The summed E-state index contributed by atoms with van der Waals surface area (Å²) in [7, 11) is 0.